The fraction of sp³-hybridized carbons (Fsp3) is 0.333. The molecule has 0 spiro atoms. The van der Waals surface area contributed by atoms with Gasteiger partial charge in [0, 0.05) is 12.3 Å². The van der Waals surface area contributed by atoms with Gasteiger partial charge < -0.3 is 9.84 Å². The molecule has 0 aliphatic rings. The number of alkyl halides is 1. The second kappa shape index (κ2) is 6.25. The smallest absolute Gasteiger partial charge is 0.337 e. The highest BCUT2D eigenvalue weighted by molar-refractivity contribution is 6.17. The van der Waals surface area contributed by atoms with Crippen LogP contribution in [-0.4, -0.2) is 24.2 Å². The summed E-state index contributed by atoms with van der Waals surface area (Å²) in [5.41, 5.74) is 2.01. The zero-order valence-electron chi connectivity index (χ0n) is 9.40. The standard InChI is InChI=1S/C12H13ClO4/c1-17-12(16)9-2-3-10(7-13)8(6-9)4-5-11(14)15/h2-3,6H,4-5,7H2,1H3,(H,14,15). The van der Waals surface area contributed by atoms with Crippen molar-refractivity contribution >= 4 is 23.5 Å². The molecule has 4 nitrogen and oxygen atoms in total. The minimum atomic E-state index is -0.881. The summed E-state index contributed by atoms with van der Waals surface area (Å²) in [6.07, 6.45) is 0.358. The highest BCUT2D eigenvalue weighted by Gasteiger charge is 2.10. The van der Waals surface area contributed by atoms with Crippen LogP contribution in [0.3, 0.4) is 0 Å². The third-order valence-electron chi connectivity index (χ3n) is 2.38. The molecule has 92 valence electrons. The van der Waals surface area contributed by atoms with E-state index in [0.29, 0.717) is 12.0 Å². The number of carboxylic acids is 1. The highest BCUT2D eigenvalue weighted by atomic mass is 35.5. The van der Waals surface area contributed by atoms with Crippen LogP contribution in [0.5, 0.6) is 0 Å². The second-order valence-corrected chi connectivity index (χ2v) is 3.77. The number of methoxy groups -OCH3 is 1. The van der Waals surface area contributed by atoms with E-state index < -0.39 is 11.9 Å². The van der Waals surface area contributed by atoms with Crippen molar-refractivity contribution in [2.45, 2.75) is 18.7 Å². The molecule has 0 aromatic heterocycles. The number of hydrogen-bond acceptors (Lipinski definition) is 3. The van der Waals surface area contributed by atoms with Crippen molar-refractivity contribution in [2.24, 2.45) is 0 Å². The Morgan fingerprint density at radius 3 is 2.59 bits per heavy atom. The number of carboxylic acid groups (broad SMARTS) is 1. The molecule has 0 saturated carbocycles. The topological polar surface area (TPSA) is 63.6 Å². The molecular formula is C12H13ClO4. The number of carbonyl (C=O) groups is 2. The van der Waals surface area contributed by atoms with Gasteiger partial charge in [-0.1, -0.05) is 6.07 Å². The Labute approximate surface area is 104 Å². The second-order valence-electron chi connectivity index (χ2n) is 3.50. The minimum absolute atomic E-state index is 0.00845. The Bertz CT molecular complexity index is 429. The number of hydrogen-bond donors (Lipinski definition) is 1. The van der Waals surface area contributed by atoms with Crippen LogP contribution in [-0.2, 0) is 21.8 Å². The molecule has 0 fully saturated rings. The summed E-state index contributed by atoms with van der Waals surface area (Å²) in [6.45, 7) is 0. The van der Waals surface area contributed by atoms with Crippen LogP contribution in [0.4, 0.5) is 0 Å². The molecule has 1 rings (SSSR count). The number of ether oxygens (including phenoxy) is 1. The van der Waals surface area contributed by atoms with E-state index >= 15 is 0 Å². The maximum Gasteiger partial charge on any atom is 0.337 e. The van der Waals surface area contributed by atoms with E-state index in [1.807, 2.05) is 0 Å². The number of rotatable bonds is 5. The number of aryl methyl sites for hydroxylation is 1. The normalized spacial score (nSPS) is 10.0. The third-order valence-corrected chi connectivity index (χ3v) is 2.67. The van der Waals surface area contributed by atoms with E-state index in [1.165, 1.54) is 7.11 Å². The summed E-state index contributed by atoms with van der Waals surface area (Å²) in [4.78, 5) is 21.9. The molecule has 1 N–H and O–H groups in total. The van der Waals surface area contributed by atoms with Gasteiger partial charge in [-0.3, -0.25) is 4.79 Å². The largest absolute Gasteiger partial charge is 0.481 e. The average Bonchev–Trinajstić information content (AvgIpc) is 2.34. The Morgan fingerprint density at radius 2 is 2.06 bits per heavy atom. The van der Waals surface area contributed by atoms with Crippen molar-refractivity contribution in [1.82, 2.24) is 0 Å². The van der Waals surface area contributed by atoms with Gasteiger partial charge in [0.15, 0.2) is 0 Å². The Kier molecular flexibility index (Phi) is 4.97. The van der Waals surface area contributed by atoms with Gasteiger partial charge in [0.2, 0.25) is 0 Å². The molecule has 5 heteroatoms. The summed E-state index contributed by atoms with van der Waals surface area (Å²) >= 11 is 5.75. The lowest BCUT2D eigenvalue weighted by Gasteiger charge is -2.08. The van der Waals surface area contributed by atoms with E-state index in [0.717, 1.165) is 11.1 Å². The predicted octanol–water partition coefficient (Wildman–Crippen LogP) is 2.23. The van der Waals surface area contributed by atoms with Crippen molar-refractivity contribution < 1.29 is 19.4 Å². The van der Waals surface area contributed by atoms with Gasteiger partial charge in [0.1, 0.15) is 0 Å². The maximum atomic E-state index is 11.3. The van der Waals surface area contributed by atoms with Crippen LogP contribution >= 0.6 is 11.6 Å². The summed E-state index contributed by atoms with van der Waals surface area (Å²) in [6, 6.07) is 4.97. The summed E-state index contributed by atoms with van der Waals surface area (Å²) in [7, 11) is 1.30. The Balaban J connectivity index is 2.97. The fourth-order valence-corrected chi connectivity index (χ4v) is 1.74. The van der Waals surface area contributed by atoms with Crippen LogP contribution in [0.1, 0.15) is 27.9 Å². The van der Waals surface area contributed by atoms with Gasteiger partial charge in [0.05, 0.1) is 12.7 Å². The molecule has 0 unspecified atom stereocenters. The first-order chi connectivity index (χ1) is 8.08. The quantitative estimate of drug-likeness (QED) is 0.648. The Hall–Kier alpha value is -1.55. The van der Waals surface area contributed by atoms with E-state index in [2.05, 4.69) is 4.74 Å². The molecular weight excluding hydrogens is 244 g/mol. The van der Waals surface area contributed by atoms with Gasteiger partial charge in [-0.15, -0.1) is 11.6 Å². The van der Waals surface area contributed by atoms with E-state index in [4.69, 9.17) is 16.7 Å². The minimum Gasteiger partial charge on any atom is -0.481 e. The van der Waals surface area contributed by atoms with Crippen molar-refractivity contribution in [2.75, 3.05) is 7.11 Å². The van der Waals surface area contributed by atoms with Crippen LogP contribution in [0.2, 0.25) is 0 Å². The van der Waals surface area contributed by atoms with Crippen LogP contribution < -0.4 is 0 Å². The molecule has 0 heterocycles. The predicted molar refractivity (Wildman–Crippen MR) is 63.3 cm³/mol. The third kappa shape index (κ3) is 3.75. The van der Waals surface area contributed by atoms with E-state index in [9.17, 15) is 9.59 Å². The van der Waals surface area contributed by atoms with Gasteiger partial charge in [0.25, 0.3) is 0 Å². The molecule has 0 aliphatic carbocycles. The number of halogens is 1. The van der Waals surface area contributed by atoms with Crippen molar-refractivity contribution in [3.05, 3.63) is 34.9 Å². The van der Waals surface area contributed by atoms with Crippen LogP contribution in [0, 0.1) is 0 Å². The van der Waals surface area contributed by atoms with Crippen molar-refractivity contribution in [3.63, 3.8) is 0 Å². The van der Waals surface area contributed by atoms with E-state index in [-0.39, 0.29) is 12.3 Å². The first-order valence-electron chi connectivity index (χ1n) is 5.06. The molecule has 1 aromatic rings. The van der Waals surface area contributed by atoms with Gasteiger partial charge in [-0.25, -0.2) is 4.79 Å². The zero-order valence-corrected chi connectivity index (χ0v) is 10.2. The number of carbonyl (C=O) groups excluding carboxylic acids is 1. The number of esters is 1. The SMILES string of the molecule is COC(=O)c1ccc(CCl)c(CCC(=O)O)c1. The van der Waals surface area contributed by atoms with Gasteiger partial charge >= 0.3 is 11.9 Å². The lowest BCUT2D eigenvalue weighted by molar-refractivity contribution is -0.136. The highest BCUT2D eigenvalue weighted by Crippen LogP contribution is 2.17. The number of aliphatic carboxylic acids is 1. The fourth-order valence-electron chi connectivity index (χ4n) is 1.48. The molecule has 0 aliphatic heterocycles. The van der Waals surface area contributed by atoms with Gasteiger partial charge in [-0.2, -0.15) is 0 Å². The molecule has 17 heavy (non-hydrogen) atoms. The Morgan fingerprint density at radius 1 is 1.35 bits per heavy atom. The lowest BCUT2D eigenvalue weighted by Crippen LogP contribution is -2.05. The zero-order chi connectivity index (χ0) is 12.8. The average molecular weight is 257 g/mol. The molecule has 0 saturated heterocycles. The molecule has 1 aromatic carbocycles. The lowest BCUT2D eigenvalue weighted by atomic mass is 10.0. The summed E-state index contributed by atoms with van der Waals surface area (Å²) < 4.78 is 4.60. The summed E-state index contributed by atoms with van der Waals surface area (Å²) in [5, 5.41) is 8.64. The molecule has 0 bridgehead atoms. The monoisotopic (exact) mass is 256 g/mol. The summed E-state index contributed by atoms with van der Waals surface area (Å²) in [5.74, 6) is -1.03. The number of benzene rings is 1. The van der Waals surface area contributed by atoms with Crippen LogP contribution in [0.15, 0.2) is 18.2 Å². The van der Waals surface area contributed by atoms with Gasteiger partial charge in [-0.05, 0) is 29.7 Å². The van der Waals surface area contributed by atoms with Crippen molar-refractivity contribution in [3.8, 4) is 0 Å². The van der Waals surface area contributed by atoms with Crippen LogP contribution in [0.25, 0.3) is 0 Å². The molecule has 0 amide bonds. The molecule has 0 atom stereocenters. The first-order valence-corrected chi connectivity index (χ1v) is 5.59. The maximum absolute atomic E-state index is 11.3. The van der Waals surface area contributed by atoms with Crippen molar-refractivity contribution in [1.29, 1.82) is 0 Å². The van der Waals surface area contributed by atoms with E-state index in [1.54, 1.807) is 18.2 Å². The first kappa shape index (κ1) is 13.5. The molecule has 0 radical (unpaired) electrons.